The highest BCUT2D eigenvalue weighted by molar-refractivity contribution is 5.89. The van der Waals surface area contributed by atoms with Crippen LogP contribution >= 0.6 is 0 Å². The van der Waals surface area contributed by atoms with Gasteiger partial charge in [-0.15, -0.1) is 0 Å². The summed E-state index contributed by atoms with van der Waals surface area (Å²) < 4.78 is 4.94. The van der Waals surface area contributed by atoms with Gasteiger partial charge in [0.25, 0.3) is 5.91 Å². The molecule has 2 atom stereocenters. The van der Waals surface area contributed by atoms with Gasteiger partial charge in [0.1, 0.15) is 11.9 Å². The highest BCUT2D eigenvalue weighted by atomic mass is 16.6. The molecule has 0 spiro atoms. The van der Waals surface area contributed by atoms with Crippen molar-refractivity contribution in [1.29, 1.82) is 0 Å². The van der Waals surface area contributed by atoms with Gasteiger partial charge in [-0.05, 0) is 43.4 Å². The normalized spacial score (nSPS) is 12.4. The number of hydrogen-bond acceptors (Lipinski definition) is 6. The van der Waals surface area contributed by atoms with Gasteiger partial charge in [0.2, 0.25) is 5.91 Å². The van der Waals surface area contributed by atoms with E-state index in [1.54, 1.807) is 19.2 Å². The Hall–Kier alpha value is -3.62. The van der Waals surface area contributed by atoms with Gasteiger partial charge in [-0.25, -0.2) is 9.78 Å². The second-order valence-electron chi connectivity index (χ2n) is 6.81. The first kappa shape index (κ1) is 22.7. The molecule has 160 valence electrons. The Bertz CT molecular complexity index is 842. The number of aromatic nitrogens is 1. The molecule has 2 rings (SSSR count). The molecule has 0 saturated heterocycles. The molecular weight excluding hydrogens is 386 g/mol. The van der Waals surface area contributed by atoms with Crippen molar-refractivity contribution in [3.05, 3.63) is 59.8 Å². The maximum absolute atomic E-state index is 12.5. The fourth-order valence-electron chi connectivity index (χ4n) is 2.77. The highest BCUT2D eigenvalue weighted by Gasteiger charge is 2.25. The van der Waals surface area contributed by atoms with E-state index in [9.17, 15) is 14.4 Å². The number of hydrogen-bond donors (Lipinski definition) is 4. The van der Waals surface area contributed by atoms with E-state index in [4.69, 9.17) is 16.2 Å². The number of carbonyl (C=O) groups excluding carboxylic acids is 3. The van der Waals surface area contributed by atoms with Gasteiger partial charge in [-0.2, -0.15) is 0 Å². The lowest BCUT2D eigenvalue weighted by Gasteiger charge is -2.20. The molecule has 0 saturated carbocycles. The van der Waals surface area contributed by atoms with Gasteiger partial charge in [-0.3, -0.25) is 9.59 Å². The quantitative estimate of drug-likeness (QED) is 0.455. The molecule has 0 aliphatic rings. The molecule has 30 heavy (non-hydrogen) atoms. The summed E-state index contributed by atoms with van der Waals surface area (Å²) >= 11 is 0. The second-order valence-corrected chi connectivity index (χ2v) is 6.81. The number of ether oxygens (including phenoxy) is 1. The number of nitrogen functional groups attached to an aromatic ring is 1. The third kappa shape index (κ3) is 7.78. The number of amides is 3. The summed E-state index contributed by atoms with van der Waals surface area (Å²) in [7, 11) is 0. The van der Waals surface area contributed by atoms with Crippen molar-refractivity contribution in [2.45, 2.75) is 38.3 Å². The lowest BCUT2D eigenvalue weighted by atomic mass is 10.1. The van der Waals surface area contributed by atoms with Gasteiger partial charge < -0.3 is 26.8 Å². The molecule has 0 fully saturated rings. The monoisotopic (exact) mass is 413 g/mol. The van der Waals surface area contributed by atoms with Gasteiger partial charge in [0.15, 0.2) is 6.10 Å². The summed E-state index contributed by atoms with van der Waals surface area (Å²) in [6.07, 6.45) is 0.853. The maximum Gasteiger partial charge on any atom is 0.405 e. The predicted octanol–water partition coefficient (Wildman–Crippen LogP) is 0.924. The van der Waals surface area contributed by atoms with E-state index in [2.05, 4.69) is 15.6 Å². The third-order valence-corrected chi connectivity index (χ3v) is 4.40. The van der Waals surface area contributed by atoms with Crippen LogP contribution in [-0.2, 0) is 27.2 Å². The van der Waals surface area contributed by atoms with Crippen molar-refractivity contribution in [1.82, 2.24) is 15.6 Å². The smallest absolute Gasteiger partial charge is 0.405 e. The van der Waals surface area contributed by atoms with Crippen LogP contribution in [0.2, 0.25) is 0 Å². The number of aryl methyl sites for hydroxylation is 1. The standard InChI is InChI=1S/C21H27N5O4/c1-14(19(27)24-12-11-16-8-10-18(22)25-13-16)26-20(28)17(30-21(23)29)9-7-15-5-3-2-4-6-15/h2-6,8,10,13-14,17H,7,9,11-12H2,1H3,(H2,22,25)(H2,23,29)(H,24,27)(H,26,28)/t14-,17+/m0/s1. The number of nitrogens with two attached hydrogens (primary N) is 2. The summed E-state index contributed by atoms with van der Waals surface area (Å²) in [4.78, 5) is 39.9. The van der Waals surface area contributed by atoms with E-state index in [0.29, 0.717) is 25.2 Å². The number of primary amides is 1. The minimum atomic E-state index is -1.08. The first-order valence-electron chi connectivity index (χ1n) is 9.63. The topological polar surface area (TPSA) is 149 Å². The lowest BCUT2D eigenvalue weighted by molar-refractivity contribution is -0.133. The van der Waals surface area contributed by atoms with Crippen molar-refractivity contribution in [2.24, 2.45) is 5.73 Å². The molecule has 9 heteroatoms. The molecule has 0 aliphatic carbocycles. The van der Waals surface area contributed by atoms with E-state index in [1.807, 2.05) is 36.4 Å². The zero-order valence-corrected chi connectivity index (χ0v) is 16.8. The Morgan fingerprint density at radius 2 is 1.77 bits per heavy atom. The molecule has 3 amide bonds. The fourth-order valence-corrected chi connectivity index (χ4v) is 2.77. The first-order chi connectivity index (χ1) is 14.3. The van der Waals surface area contributed by atoms with Crippen molar-refractivity contribution in [3.63, 3.8) is 0 Å². The Kier molecular flexibility index (Phi) is 8.61. The molecule has 1 aromatic carbocycles. The van der Waals surface area contributed by atoms with E-state index < -0.39 is 24.1 Å². The van der Waals surface area contributed by atoms with Crippen LogP contribution in [0.5, 0.6) is 0 Å². The van der Waals surface area contributed by atoms with Crippen LogP contribution in [0.15, 0.2) is 48.7 Å². The number of carbonyl (C=O) groups is 3. The fraction of sp³-hybridized carbons (Fsp3) is 0.333. The molecule has 1 aromatic heterocycles. The van der Waals surface area contributed by atoms with E-state index in [1.165, 1.54) is 0 Å². The van der Waals surface area contributed by atoms with E-state index in [0.717, 1.165) is 11.1 Å². The van der Waals surface area contributed by atoms with Crippen LogP contribution in [0.4, 0.5) is 10.6 Å². The molecule has 0 bridgehead atoms. The maximum atomic E-state index is 12.5. The average molecular weight is 413 g/mol. The Morgan fingerprint density at radius 3 is 2.40 bits per heavy atom. The van der Waals surface area contributed by atoms with Gasteiger partial charge in [-0.1, -0.05) is 36.4 Å². The van der Waals surface area contributed by atoms with Crippen molar-refractivity contribution < 1.29 is 19.1 Å². The Balaban J connectivity index is 1.82. The molecule has 0 aliphatic heterocycles. The van der Waals surface area contributed by atoms with Gasteiger partial charge in [0.05, 0.1) is 0 Å². The number of rotatable bonds is 10. The zero-order valence-electron chi connectivity index (χ0n) is 16.8. The van der Waals surface area contributed by atoms with E-state index in [-0.39, 0.29) is 12.3 Å². The molecule has 1 heterocycles. The Morgan fingerprint density at radius 1 is 1.03 bits per heavy atom. The molecular formula is C21H27N5O4. The second kappa shape index (κ2) is 11.4. The highest BCUT2D eigenvalue weighted by Crippen LogP contribution is 2.08. The molecule has 0 unspecified atom stereocenters. The van der Waals surface area contributed by atoms with Crippen LogP contribution in [0.25, 0.3) is 0 Å². The predicted molar refractivity (Wildman–Crippen MR) is 112 cm³/mol. The van der Waals surface area contributed by atoms with Crippen LogP contribution in [0.3, 0.4) is 0 Å². The van der Waals surface area contributed by atoms with Crippen LogP contribution in [0, 0.1) is 0 Å². The molecule has 6 N–H and O–H groups in total. The first-order valence-corrected chi connectivity index (χ1v) is 9.63. The van der Waals surface area contributed by atoms with Crippen molar-refractivity contribution in [2.75, 3.05) is 12.3 Å². The molecule has 2 aromatic rings. The third-order valence-electron chi connectivity index (χ3n) is 4.40. The average Bonchev–Trinajstić information content (AvgIpc) is 2.72. The van der Waals surface area contributed by atoms with Gasteiger partial charge >= 0.3 is 6.09 Å². The summed E-state index contributed by atoms with van der Waals surface area (Å²) in [5.74, 6) is -0.498. The largest absolute Gasteiger partial charge is 0.436 e. The van der Waals surface area contributed by atoms with Crippen molar-refractivity contribution in [3.8, 4) is 0 Å². The Labute approximate surface area is 175 Å². The number of nitrogens with zero attached hydrogens (tertiary/aromatic N) is 1. The number of pyridine rings is 1. The van der Waals surface area contributed by atoms with Crippen LogP contribution in [0.1, 0.15) is 24.5 Å². The van der Waals surface area contributed by atoms with Crippen LogP contribution in [-0.4, -0.2) is 41.6 Å². The molecule has 9 nitrogen and oxygen atoms in total. The minimum Gasteiger partial charge on any atom is -0.436 e. The zero-order chi connectivity index (χ0) is 21.9. The number of nitrogens with one attached hydrogen (secondary N) is 2. The summed E-state index contributed by atoms with van der Waals surface area (Å²) in [6, 6.07) is 12.2. The van der Waals surface area contributed by atoms with Gasteiger partial charge in [0, 0.05) is 12.7 Å². The lowest BCUT2D eigenvalue weighted by Crippen LogP contribution is -2.49. The number of anilines is 1. The SMILES string of the molecule is C[C@H](NC(=O)[C@@H](CCc1ccccc1)OC(N)=O)C(=O)NCCc1ccc(N)nc1. The molecule has 0 radical (unpaired) electrons. The van der Waals surface area contributed by atoms with E-state index >= 15 is 0 Å². The van der Waals surface area contributed by atoms with Crippen LogP contribution < -0.4 is 22.1 Å². The summed E-state index contributed by atoms with van der Waals surface area (Å²) in [5.41, 5.74) is 12.5. The minimum absolute atomic E-state index is 0.247. The summed E-state index contributed by atoms with van der Waals surface area (Å²) in [5, 5.41) is 5.31. The number of benzene rings is 1. The van der Waals surface area contributed by atoms with Crippen molar-refractivity contribution >= 4 is 23.7 Å². The summed E-state index contributed by atoms with van der Waals surface area (Å²) in [6.45, 7) is 1.93.